The van der Waals surface area contributed by atoms with Gasteiger partial charge in [0, 0.05) is 12.6 Å². The first-order chi connectivity index (χ1) is 8.27. The van der Waals surface area contributed by atoms with Crippen molar-refractivity contribution in [1.29, 1.82) is 0 Å². The molecule has 0 saturated heterocycles. The normalized spacial score (nSPS) is 12.1. The second kappa shape index (κ2) is 5.97. The van der Waals surface area contributed by atoms with Crippen LogP contribution in [0.5, 0.6) is 0 Å². The molecule has 4 nitrogen and oxygen atoms in total. The molecule has 7 heteroatoms. The lowest BCUT2D eigenvalue weighted by Crippen LogP contribution is -2.30. The minimum Gasteiger partial charge on any atom is -0.316 e. The van der Waals surface area contributed by atoms with E-state index >= 15 is 0 Å². The molecule has 2 N–H and O–H groups in total. The molecule has 1 aromatic rings. The molecule has 1 aromatic carbocycles. The number of halogens is 2. The summed E-state index contributed by atoms with van der Waals surface area (Å²) < 4.78 is 39.8. The molecular formula is C11H16ClFN2O2S. The van der Waals surface area contributed by atoms with Crippen LogP contribution in [-0.2, 0) is 16.6 Å². The Labute approximate surface area is 112 Å². The van der Waals surface area contributed by atoms with Gasteiger partial charge in [-0.05, 0) is 38.6 Å². The number of nitrogens with one attached hydrogen (secondary N) is 2. The molecule has 102 valence electrons. The SMILES string of the molecule is CNCc1cc(S(=O)(=O)NC(C)C)cc(F)c1Cl. The maximum Gasteiger partial charge on any atom is 0.240 e. The Kier molecular flexibility index (Phi) is 5.10. The highest BCUT2D eigenvalue weighted by atomic mass is 35.5. The third-order valence-electron chi connectivity index (χ3n) is 2.15. The highest BCUT2D eigenvalue weighted by molar-refractivity contribution is 7.89. The van der Waals surface area contributed by atoms with Crippen molar-refractivity contribution in [2.75, 3.05) is 7.05 Å². The van der Waals surface area contributed by atoms with Gasteiger partial charge in [-0.25, -0.2) is 17.5 Å². The molecule has 0 aliphatic heterocycles. The highest BCUT2D eigenvalue weighted by Crippen LogP contribution is 2.24. The van der Waals surface area contributed by atoms with Gasteiger partial charge in [0.15, 0.2) is 0 Å². The number of hydrogen-bond donors (Lipinski definition) is 2. The predicted octanol–water partition coefficient (Wildman–Crippen LogP) is 1.89. The fraction of sp³-hybridized carbons (Fsp3) is 0.455. The molecule has 0 atom stereocenters. The van der Waals surface area contributed by atoms with E-state index in [-0.39, 0.29) is 16.0 Å². The number of benzene rings is 1. The van der Waals surface area contributed by atoms with Crippen LogP contribution in [-0.4, -0.2) is 21.5 Å². The summed E-state index contributed by atoms with van der Waals surface area (Å²) in [7, 11) is -2.05. The standard InChI is InChI=1S/C11H16ClFN2O2S/c1-7(2)15-18(16,17)9-4-8(6-14-3)11(12)10(13)5-9/h4-5,7,14-15H,6H2,1-3H3. The largest absolute Gasteiger partial charge is 0.316 e. The summed E-state index contributed by atoms with van der Waals surface area (Å²) in [5.74, 6) is -0.742. The number of hydrogen-bond acceptors (Lipinski definition) is 3. The van der Waals surface area contributed by atoms with E-state index in [2.05, 4.69) is 10.0 Å². The summed E-state index contributed by atoms with van der Waals surface area (Å²) in [5, 5.41) is 2.74. The average molecular weight is 295 g/mol. The minimum atomic E-state index is -3.72. The topological polar surface area (TPSA) is 58.2 Å². The van der Waals surface area contributed by atoms with E-state index in [9.17, 15) is 12.8 Å². The third-order valence-corrected chi connectivity index (χ3v) is 4.21. The van der Waals surface area contributed by atoms with E-state index in [4.69, 9.17) is 11.6 Å². The van der Waals surface area contributed by atoms with Gasteiger partial charge in [-0.1, -0.05) is 11.6 Å². The molecule has 0 bridgehead atoms. The van der Waals surface area contributed by atoms with Gasteiger partial charge in [0.2, 0.25) is 10.0 Å². The second-order valence-corrected chi connectivity index (χ2v) is 6.28. The highest BCUT2D eigenvalue weighted by Gasteiger charge is 2.19. The van der Waals surface area contributed by atoms with Crippen LogP contribution >= 0.6 is 11.6 Å². The second-order valence-electron chi connectivity index (χ2n) is 4.18. The van der Waals surface area contributed by atoms with Crippen LogP contribution in [0.3, 0.4) is 0 Å². The van der Waals surface area contributed by atoms with Gasteiger partial charge in [0.1, 0.15) is 5.82 Å². The fourth-order valence-electron chi connectivity index (χ4n) is 1.47. The Hall–Kier alpha value is -0.690. The third kappa shape index (κ3) is 3.65. The molecule has 0 spiro atoms. The first kappa shape index (κ1) is 15.4. The molecule has 0 unspecified atom stereocenters. The molecule has 0 aliphatic carbocycles. The lowest BCUT2D eigenvalue weighted by atomic mass is 10.2. The maximum atomic E-state index is 13.6. The van der Waals surface area contributed by atoms with Crippen molar-refractivity contribution in [2.45, 2.75) is 31.3 Å². The van der Waals surface area contributed by atoms with Crippen molar-refractivity contribution >= 4 is 21.6 Å². The van der Waals surface area contributed by atoms with Crippen molar-refractivity contribution in [2.24, 2.45) is 0 Å². The van der Waals surface area contributed by atoms with E-state index in [1.807, 2.05) is 0 Å². The molecule has 18 heavy (non-hydrogen) atoms. The molecule has 0 aliphatic rings. The van der Waals surface area contributed by atoms with Crippen molar-refractivity contribution < 1.29 is 12.8 Å². The summed E-state index contributed by atoms with van der Waals surface area (Å²) in [6, 6.07) is 2.03. The summed E-state index contributed by atoms with van der Waals surface area (Å²) >= 11 is 5.77. The van der Waals surface area contributed by atoms with Gasteiger partial charge in [-0.15, -0.1) is 0 Å². The van der Waals surface area contributed by atoms with Crippen molar-refractivity contribution in [3.05, 3.63) is 28.5 Å². The van der Waals surface area contributed by atoms with E-state index < -0.39 is 15.8 Å². The van der Waals surface area contributed by atoms with Crippen LogP contribution in [0.4, 0.5) is 4.39 Å². The molecule has 0 amide bonds. The Morgan fingerprint density at radius 2 is 2.00 bits per heavy atom. The number of sulfonamides is 1. The Morgan fingerprint density at radius 3 is 2.50 bits per heavy atom. The van der Waals surface area contributed by atoms with Gasteiger partial charge in [-0.3, -0.25) is 0 Å². The van der Waals surface area contributed by atoms with E-state index in [0.717, 1.165) is 6.07 Å². The Balaban J connectivity index is 3.26. The lowest BCUT2D eigenvalue weighted by Gasteiger charge is -2.12. The molecule has 0 fully saturated rings. The van der Waals surface area contributed by atoms with Crippen LogP contribution in [0.15, 0.2) is 17.0 Å². The minimum absolute atomic E-state index is 0.0622. The molecule has 0 aromatic heterocycles. The molecule has 0 radical (unpaired) electrons. The molecule has 0 saturated carbocycles. The van der Waals surface area contributed by atoms with Crippen molar-refractivity contribution in [3.63, 3.8) is 0 Å². The first-order valence-corrected chi connectivity index (χ1v) is 7.29. The summed E-state index contributed by atoms with van der Waals surface area (Å²) in [6.07, 6.45) is 0. The van der Waals surface area contributed by atoms with Gasteiger partial charge in [0.25, 0.3) is 0 Å². The zero-order chi connectivity index (χ0) is 13.9. The van der Waals surface area contributed by atoms with Crippen LogP contribution in [0.25, 0.3) is 0 Å². The Bertz CT molecular complexity index is 532. The van der Waals surface area contributed by atoms with Crippen molar-refractivity contribution in [3.8, 4) is 0 Å². The zero-order valence-electron chi connectivity index (χ0n) is 10.4. The maximum absolute atomic E-state index is 13.6. The van der Waals surface area contributed by atoms with Crippen molar-refractivity contribution in [1.82, 2.24) is 10.0 Å². The van der Waals surface area contributed by atoms with Crippen LogP contribution < -0.4 is 10.0 Å². The molecular weight excluding hydrogens is 279 g/mol. The zero-order valence-corrected chi connectivity index (χ0v) is 12.0. The van der Waals surface area contributed by atoms with Crippen LogP contribution in [0.2, 0.25) is 5.02 Å². The van der Waals surface area contributed by atoms with Gasteiger partial charge < -0.3 is 5.32 Å². The van der Waals surface area contributed by atoms with E-state index in [0.29, 0.717) is 12.1 Å². The first-order valence-electron chi connectivity index (χ1n) is 5.42. The Morgan fingerprint density at radius 1 is 1.39 bits per heavy atom. The number of rotatable bonds is 5. The summed E-state index contributed by atoms with van der Waals surface area (Å²) in [5.41, 5.74) is 0.406. The molecule has 0 heterocycles. The molecule has 1 rings (SSSR count). The van der Waals surface area contributed by atoms with Gasteiger partial charge in [-0.2, -0.15) is 0 Å². The summed E-state index contributed by atoms with van der Waals surface area (Å²) in [4.78, 5) is -0.122. The average Bonchev–Trinajstić information content (AvgIpc) is 2.22. The predicted molar refractivity (Wildman–Crippen MR) is 69.6 cm³/mol. The fourth-order valence-corrected chi connectivity index (χ4v) is 2.96. The van der Waals surface area contributed by atoms with Crippen LogP contribution in [0, 0.1) is 5.82 Å². The van der Waals surface area contributed by atoms with Crippen LogP contribution in [0.1, 0.15) is 19.4 Å². The lowest BCUT2D eigenvalue weighted by molar-refractivity contribution is 0.566. The monoisotopic (exact) mass is 294 g/mol. The van der Waals surface area contributed by atoms with Gasteiger partial charge in [0.05, 0.1) is 9.92 Å². The van der Waals surface area contributed by atoms with Gasteiger partial charge >= 0.3 is 0 Å². The summed E-state index contributed by atoms with van der Waals surface area (Å²) in [6.45, 7) is 3.68. The van der Waals surface area contributed by atoms with E-state index in [1.54, 1.807) is 20.9 Å². The smallest absolute Gasteiger partial charge is 0.240 e. The quantitative estimate of drug-likeness (QED) is 0.872. The van der Waals surface area contributed by atoms with E-state index in [1.165, 1.54) is 6.07 Å².